The monoisotopic (exact) mass is 283 g/mol. The number of carbonyl (C=O) groups excluding carboxylic acids is 1. The first-order valence-electron chi connectivity index (χ1n) is 6.53. The van der Waals surface area contributed by atoms with Gasteiger partial charge in [0.15, 0.2) is 0 Å². The Kier molecular flexibility index (Phi) is 4.41. The predicted molar refractivity (Wildman–Crippen MR) is 81.0 cm³/mol. The van der Waals surface area contributed by atoms with Gasteiger partial charge in [0.05, 0.1) is 16.9 Å². The zero-order chi connectivity index (χ0) is 15.4. The molecule has 0 aliphatic heterocycles. The van der Waals surface area contributed by atoms with E-state index in [0.29, 0.717) is 16.8 Å². The third-order valence-electron chi connectivity index (χ3n) is 2.98. The molecule has 0 spiro atoms. The summed E-state index contributed by atoms with van der Waals surface area (Å²) in [6.45, 7) is 3.50. The molecule has 2 aromatic rings. The van der Waals surface area contributed by atoms with Crippen LogP contribution in [0.5, 0.6) is 0 Å². The van der Waals surface area contributed by atoms with Gasteiger partial charge in [-0.25, -0.2) is 0 Å². The molecule has 5 nitrogen and oxygen atoms in total. The predicted octanol–water partition coefficient (Wildman–Crippen LogP) is 1.63. The molecular formula is C16H17N3O2. The second-order valence-electron chi connectivity index (χ2n) is 4.76. The third kappa shape index (κ3) is 3.50. The molecule has 0 saturated heterocycles. The van der Waals surface area contributed by atoms with Crippen molar-refractivity contribution in [2.45, 2.75) is 13.8 Å². The smallest absolute Gasteiger partial charge is 0.257 e. The van der Waals surface area contributed by atoms with Crippen LogP contribution in [-0.2, 0) is 7.05 Å². The van der Waals surface area contributed by atoms with Gasteiger partial charge in [0.25, 0.3) is 5.91 Å². The Morgan fingerprint density at radius 1 is 1.43 bits per heavy atom. The van der Waals surface area contributed by atoms with Gasteiger partial charge in [0, 0.05) is 18.8 Å². The Bertz CT molecular complexity index is 736. The van der Waals surface area contributed by atoms with Crippen LogP contribution in [0.15, 0.2) is 24.4 Å². The van der Waals surface area contributed by atoms with E-state index in [1.165, 1.54) is 0 Å². The lowest BCUT2D eigenvalue weighted by Gasteiger charge is -2.07. The highest BCUT2D eigenvalue weighted by Crippen LogP contribution is 2.16. The third-order valence-corrected chi connectivity index (χ3v) is 2.98. The number of aliphatic hydroxyl groups is 1. The lowest BCUT2D eigenvalue weighted by atomic mass is 10.0. The number of nitrogens with one attached hydrogen (secondary N) is 1. The quantitative estimate of drug-likeness (QED) is 0.823. The van der Waals surface area contributed by atoms with Crippen LogP contribution in [-0.4, -0.2) is 27.4 Å². The molecule has 0 fully saturated rings. The van der Waals surface area contributed by atoms with Crippen molar-refractivity contribution >= 4 is 11.6 Å². The van der Waals surface area contributed by atoms with E-state index < -0.39 is 0 Å². The fraction of sp³-hybridized carbons (Fsp3) is 0.250. The summed E-state index contributed by atoms with van der Waals surface area (Å²) in [5, 5.41) is 15.8. The standard InChI is InChI=1S/C16H17N3O2/c1-11-6-7-13(5-4-8-20)14(9-11)16(21)17-15-10-19(3)18-12(15)2/h6-7,9-10,20H,8H2,1-3H3,(H,17,21). The number of rotatable bonds is 2. The van der Waals surface area contributed by atoms with Crippen LogP contribution in [0.3, 0.4) is 0 Å². The van der Waals surface area contributed by atoms with Crippen molar-refractivity contribution in [3.63, 3.8) is 0 Å². The Labute approximate surface area is 123 Å². The van der Waals surface area contributed by atoms with E-state index in [-0.39, 0.29) is 12.5 Å². The normalized spacial score (nSPS) is 9.90. The average Bonchev–Trinajstić information content (AvgIpc) is 2.75. The van der Waals surface area contributed by atoms with Gasteiger partial charge in [-0.15, -0.1) is 0 Å². The van der Waals surface area contributed by atoms with Gasteiger partial charge in [0.1, 0.15) is 6.61 Å². The van der Waals surface area contributed by atoms with Crippen LogP contribution in [0, 0.1) is 25.7 Å². The molecule has 0 unspecified atom stereocenters. The van der Waals surface area contributed by atoms with E-state index in [0.717, 1.165) is 11.3 Å². The fourth-order valence-electron chi connectivity index (χ4n) is 2.00. The van der Waals surface area contributed by atoms with Crippen LogP contribution in [0.2, 0.25) is 0 Å². The van der Waals surface area contributed by atoms with Gasteiger partial charge in [-0.1, -0.05) is 23.5 Å². The van der Waals surface area contributed by atoms with E-state index in [4.69, 9.17) is 5.11 Å². The van der Waals surface area contributed by atoms with Gasteiger partial charge in [0.2, 0.25) is 0 Å². The largest absolute Gasteiger partial charge is 0.384 e. The zero-order valence-corrected chi connectivity index (χ0v) is 12.3. The maximum Gasteiger partial charge on any atom is 0.257 e. The summed E-state index contributed by atoms with van der Waals surface area (Å²) in [7, 11) is 1.80. The summed E-state index contributed by atoms with van der Waals surface area (Å²) >= 11 is 0. The highest BCUT2D eigenvalue weighted by molar-refractivity contribution is 6.06. The molecule has 1 heterocycles. The molecule has 5 heteroatoms. The number of amides is 1. The molecule has 108 valence electrons. The van der Waals surface area contributed by atoms with Crippen molar-refractivity contribution in [3.8, 4) is 11.8 Å². The Morgan fingerprint density at radius 3 is 2.81 bits per heavy atom. The van der Waals surface area contributed by atoms with Gasteiger partial charge in [-0.2, -0.15) is 5.10 Å². The minimum absolute atomic E-state index is 0.239. The molecule has 1 aromatic heterocycles. The molecule has 2 rings (SSSR count). The number of benzene rings is 1. The van der Waals surface area contributed by atoms with E-state index >= 15 is 0 Å². The van der Waals surface area contributed by atoms with E-state index in [9.17, 15) is 4.79 Å². The SMILES string of the molecule is Cc1ccc(C#CCO)c(C(=O)Nc2cn(C)nc2C)c1. The van der Waals surface area contributed by atoms with Crippen LogP contribution in [0.1, 0.15) is 27.2 Å². The average molecular weight is 283 g/mol. The van der Waals surface area contributed by atoms with E-state index in [2.05, 4.69) is 22.3 Å². The molecule has 1 aromatic carbocycles. The number of aromatic nitrogens is 2. The minimum Gasteiger partial charge on any atom is -0.384 e. The molecule has 0 radical (unpaired) electrons. The van der Waals surface area contributed by atoms with Gasteiger partial charge in [-0.3, -0.25) is 9.48 Å². The lowest BCUT2D eigenvalue weighted by molar-refractivity contribution is 0.102. The molecule has 21 heavy (non-hydrogen) atoms. The highest BCUT2D eigenvalue weighted by Gasteiger charge is 2.13. The van der Waals surface area contributed by atoms with E-state index in [1.807, 2.05) is 19.9 Å². The van der Waals surface area contributed by atoms with Crippen molar-refractivity contribution < 1.29 is 9.90 Å². The molecule has 0 atom stereocenters. The van der Waals surface area contributed by atoms with Crippen molar-refractivity contribution in [1.82, 2.24) is 9.78 Å². The summed E-state index contributed by atoms with van der Waals surface area (Å²) in [6.07, 6.45) is 1.75. The second-order valence-corrected chi connectivity index (χ2v) is 4.76. The summed E-state index contributed by atoms with van der Waals surface area (Å²) in [5.41, 5.74) is 3.47. The Hall–Kier alpha value is -2.58. The van der Waals surface area contributed by atoms with Crippen LogP contribution in [0.4, 0.5) is 5.69 Å². The van der Waals surface area contributed by atoms with Crippen molar-refractivity contribution in [2.75, 3.05) is 11.9 Å². The van der Waals surface area contributed by atoms with E-state index in [1.54, 1.807) is 30.1 Å². The number of nitrogens with zero attached hydrogens (tertiary/aromatic N) is 2. The van der Waals surface area contributed by atoms with Crippen LogP contribution < -0.4 is 5.32 Å². The molecule has 1 amide bonds. The minimum atomic E-state index is -0.239. The zero-order valence-electron chi connectivity index (χ0n) is 12.3. The maximum atomic E-state index is 12.4. The first-order valence-corrected chi connectivity index (χ1v) is 6.53. The second kappa shape index (κ2) is 6.25. The van der Waals surface area contributed by atoms with Crippen LogP contribution >= 0.6 is 0 Å². The number of hydrogen-bond donors (Lipinski definition) is 2. The molecule has 0 aliphatic carbocycles. The summed E-state index contributed by atoms with van der Waals surface area (Å²) in [4.78, 5) is 12.4. The molecular weight excluding hydrogens is 266 g/mol. The topological polar surface area (TPSA) is 67.2 Å². The number of aryl methyl sites for hydroxylation is 3. The summed E-state index contributed by atoms with van der Waals surface area (Å²) < 4.78 is 1.65. The van der Waals surface area contributed by atoms with Crippen molar-refractivity contribution in [1.29, 1.82) is 0 Å². The fourth-order valence-corrected chi connectivity index (χ4v) is 2.00. The molecule has 2 N–H and O–H groups in total. The number of anilines is 1. The van der Waals surface area contributed by atoms with Crippen molar-refractivity contribution in [2.24, 2.45) is 7.05 Å². The molecule has 0 aliphatic rings. The first-order chi connectivity index (χ1) is 10.0. The number of hydrogen-bond acceptors (Lipinski definition) is 3. The van der Waals surface area contributed by atoms with Gasteiger partial charge in [-0.05, 0) is 26.0 Å². The van der Waals surface area contributed by atoms with Gasteiger partial charge < -0.3 is 10.4 Å². The number of aliphatic hydroxyl groups excluding tert-OH is 1. The number of carbonyl (C=O) groups is 1. The summed E-state index contributed by atoms with van der Waals surface area (Å²) in [5.74, 6) is 5.12. The molecule has 0 saturated carbocycles. The maximum absolute atomic E-state index is 12.4. The van der Waals surface area contributed by atoms with Crippen LogP contribution in [0.25, 0.3) is 0 Å². The summed E-state index contributed by atoms with van der Waals surface area (Å²) in [6, 6.07) is 5.44. The lowest BCUT2D eigenvalue weighted by Crippen LogP contribution is -2.14. The van der Waals surface area contributed by atoms with Crippen molar-refractivity contribution in [3.05, 3.63) is 46.8 Å². The molecule has 0 bridgehead atoms. The Balaban J connectivity index is 2.34. The first kappa shape index (κ1) is 14.8. The Morgan fingerprint density at radius 2 is 2.19 bits per heavy atom. The highest BCUT2D eigenvalue weighted by atomic mass is 16.2. The van der Waals surface area contributed by atoms with Gasteiger partial charge >= 0.3 is 0 Å².